The summed E-state index contributed by atoms with van der Waals surface area (Å²) < 4.78 is 5.02. The molecule has 0 aliphatic carbocycles. The average molecular weight is 231 g/mol. The molecule has 1 N–H and O–H groups in total. The van der Waals surface area contributed by atoms with Crippen molar-refractivity contribution in [1.82, 2.24) is 15.0 Å². The van der Waals surface area contributed by atoms with Crippen molar-refractivity contribution in [1.29, 1.82) is 0 Å². The molecule has 2 aromatic heterocycles. The van der Waals surface area contributed by atoms with Gasteiger partial charge in [-0.1, -0.05) is 6.07 Å². The molecule has 5 heteroatoms. The van der Waals surface area contributed by atoms with Gasteiger partial charge in [-0.05, 0) is 19.1 Å². The standard InChI is InChI=1S/C12H13N3O2/c1-8-10(7-17-2)14-11(15-12(8)16)9-5-3-4-6-13-9/h3-6H,7H2,1-2H3,(H,14,15,16). The monoisotopic (exact) mass is 231 g/mol. The van der Waals surface area contributed by atoms with Gasteiger partial charge in [-0.25, -0.2) is 4.98 Å². The highest BCUT2D eigenvalue weighted by Crippen LogP contribution is 2.11. The van der Waals surface area contributed by atoms with E-state index in [1.807, 2.05) is 12.1 Å². The van der Waals surface area contributed by atoms with Gasteiger partial charge in [-0.3, -0.25) is 9.78 Å². The van der Waals surface area contributed by atoms with E-state index in [-0.39, 0.29) is 5.56 Å². The molecule has 88 valence electrons. The van der Waals surface area contributed by atoms with E-state index in [9.17, 15) is 4.79 Å². The zero-order valence-corrected chi connectivity index (χ0v) is 9.73. The van der Waals surface area contributed by atoms with Crippen LogP contribution in [0.4, 0.5) is 0 Å². The van der Waals surface area contributed by atoms with Gasteiger partial charge >= 0.3 is 0 Å². The van der Waals surface area contributed by atoms with E-state index in [1.165, 1.54) is 0 Å². The van der Waals surface area contributed by atoms with E-state index in [1.54, 1.807) is 26.3 Å². The van der Waals surface area contributed by atoms with E-state index in [2.05, 4.69) is 15.0 Å². The molecule has 2 heterocycles. The lowest BCUT2D eigenvalue weighted by Gasteiger charge is -2.06. The molecule has 0 radical (unpaired) electrons. The van der Waals surface area contributed by atoms with Crippen molar-refractivity contribution in [3.63, 3.8) is 0 Å². The Morgan fingerprint density at radius 2 is 2.24 bits per heavy atom. The molecule has 0 aromatic carbocycles. The van der Waals surface area contributed by atoms with Crippen molar-refractivity contribution in [2.24, 2.45) is 0 Å². The molecular formula is C12H13N3O2. The minimum atomic E-state index is -0.160. The third-order valence-electron chi connectivity index (χ3n) is 2.44. The van der Waals surface area contributed by atoms with Crippen LogP contribution in [-0.2, 0) is 11.3 Å². The highest BCUT2D eigenvalue weighted by Gasteiger charge is 2.09. The predicted octanol–water partition coefficient (Wildman–Crippen LogP) is 1.29. The number of pyridine rings is 1. The number of hydrogen-bond donors (Lipinski definition) is 1. The molecule has 17 heavy (non-hydrogen) atoms. The van der Waals surface area contributed by atoms with Crippen LogP contribution in [0, 0.1) is 6.92 Å². The molecule has 0 unspecified atom stereocenters. The Bertz CT molecular complexity index is 564. The SMILES string of the molecule is COCc1nc(-c2ccccn2)[nH]c(=O)c1C. The Balaban J connectivity index is 2.53. The number of methoxy groups -OCH3 is 1. The predicted molar refractivity (Wildman–Crippen MR) is 63.5 cm³/mol. The lowest BCUT2D eigenvalue weighted by atomic mass is 10.2. The Morgan fingerprint density at radius 1 is 1.41 bits per heavy atom. The molecule has 5 nitrogen and oxygen atoms in total. The Kier molecular flexibility index (Phi) is 3.30. The van der Waals surface area contributed by atoms with E-state index in [0.717, 1.165) is 0 Å². The fourth-order valence-corrected chi connectivity index (χ4v) is 1.48. The number of nitrogens with zero attached hydrogens (tertiary/aromatic N) is 2. The maximum Gasteiger partial charge on any atom is 0.254 e. The molecule has 0 fully saturated rings. The highest BCUT2D eigenvalue weighted by molar-refractivity contribution is 5.48. The summed E-state index contributed by atoms with van der Waals surface area (Å²) in [5, 5.41) is 0. The summed E-state index contributed by atoms with van der Waals surface area (Å²) in [5.41, 5.74) is 1.69. The van der Waals surface area contributed by atoms with Crippen LogP contribution in [0.5, 0.6) is 0 Å². The minimum Gasteiger partial charge on any atom is -0.378 e. The van der Waals surface area contributed by atoms with Crippen molar-refractivity contribution in [2.45, 2.75) is 13.5 Å². The molecule has 0 bridgehead atoms. The second kappa shape index (κ2) is 4.88. The molecule has 0 saturated heterocycles. The third kappa shape index (κ3) is 2.39. The number of aromatic nitrogens is 3. The highest BCUT2D eigenvalue weighted by atomic mass is 16.5. The Hall–Kier alpha value is -2.01. The first-order chi connectivity index (χ1) is 8.22. The average Bonchev–Trinajstić information content (AvgIpc) is 2.36. The molecule has 2 rings (SSSR count). The van der Waals surface area contributed by atoms with E-state index in [4.69, 9.17) is 4.74 Å². The summed E-state index contributed by atoms with van der Waals surface area (Å²) in [6.45, 7) is 2.04. The van der Waals surface area contributed by atoms with Crippen LogP contribution in [-0.4, -0.2) is 22.1 Å². The van der Waals surface area contributed by atoms with Crippen LogP contribution >= 0.6 is 0 Å². The number of rotatable bonds is 3. The molecule has 0 saturated carbocycles. The number of ether oxygens (including phenoxy) is 1. The van der Waals surface area contributed by atoms with Crippen LogP contribution < -0.4 is 5.56 Å². The maximum atomic E-state index is 11.7. The molecule has 0 spiro atoms. The van der Waals surface area contributed by atoms with Crippen LogP contribution in [0.15, 0.2) is 29.2 Å². The zero-order chi connectivity index (χ0) is 12.3. The fraction of sp³-hybridized carbons (Fsp3) is 0.250. The second-order valence-corrected chi connectivity index (χ2v) is 3.63. The van der Waals surface area contributed by atoms with Gasteiger partial charge in [0.2, 0.25) is 0 Å². The van der Waals surface area contributed by atoms with Crippen molar-refractivity contribution >= 4 is 0 Å². The van der Waals surface area contributed by atoms with Gasteiger partial charge in [0, 0.05) is 18.9 Å². The number of hydrogen-bond acceptors (Lipinski definition) is 4. The summed E-state index contributed by atoms with van der Waals surface area (Å²) in [7, 11) is 1.57. The first-order valence-corrected chi connectivity index (χ1v) is 5.22. The van der Waals surface area contributed by atoms with Crippen LogP contribution in [0.1, 0.15) is 11.3 Å². The summed E-state index contributed by atoms with van der Waals surface area (Å²) in [4.78, 5) is 22.9. The quantitative estimate of drug-likeness (QED) is 0.864. The van der Waals surface area contributed by atoms with E-state index >= 15 is 0 Å². The Labute approximate surface area is 98.5 Å². The smallest absolute Gasteiger partial charge is 0.254 e. The van der Waals surface area contributed by atoms with Gasteiger partial charge in [-0.2, -0.15) is 0 Å². The lowest BCUT2D eigenvalue weighted by molar-refractivity contribution is 0.181. The maximum absolute atomic E-state index is 11.7. The first-order valence-electron chi connectivity index (χ1n) is 5.22. The molecular weight excluding hydrogens is 218 g/mol. The largest absolute Gasteiger partial charge is 0.378 e. The number of aromatic amines is 1. The topological polar surface area (TPSA) is 67.9 Å². The van der Waals surface area contributed by atoms with Crippen LogP contribution in [0.3, 0.4) is 0 Å². The summed E-state index contributed by atoms with van der Waals surface area (Å²) >= 11 is 0. The fourth-order valence-electron chi connectivity index (χ4n) is 1.48. The molecule has 0 aliphatic rings. The van der Waals surface area contributed by atoms with Gasteiger partial charge in [0.1, 0.15) is 5.69 Å². The second-order valence-electron chi connectivity index (χ2n) is 3.63. The summed E-state index contributed by atoms with van der Waals surface area (Å²) in [6, 6.07) is 5.45. The normalized spacial score (nSPS) is 10.5. The Morgan fingerprint density at radius 3 is 2.88 bits per heavy atom. The third-order valence-corrected chi connectivity index (χ3v) is 2.44. The van der Waals surface area contributed by atoms with Crippen LogP contribution in [0.2, 0.25) is 0 Å². The minimum absolute atomic E-state index is 0.160. The van der Waals surface area contributed by atoms with Crippen molar-refractivity contribution < 1.29 is 4.74 Å². The van der Waals surface area contributed by atoms with E-state index < -0.39 is 0 Å². The van der Waals surface area contributed by atoms with E-state index in [0.29, 0.717) is 29.4 Å². The number of nitrogens with one attached hydrogen (secondary N) is 1. The summed E-state index contributed by atoms with van der Waals surface area (Å²) in [6.07, 6.45) is 1.66. The lowest BCUT2D eigenvalue weighted by Crippen LogP contribution is -2.16. The van der Waals surface area contributed by atoms with Gasteiger partial charge in [-0.15, -0.1) is 0 Å². The van der Waals surface area contributed by atoms with Gasteiger partial charge in [0.15, 0.2) is 5.82 Å². The van der Waals surface area contributed by atoms with Crippen molar-refractivity contribution in [3.05, 3.63) is 46.0 Å². The van der Waals surface area contributed by atoms with Crippen molar-refractivity contribution in [2.75, 3.05) is 7.11 Å². The molecule has 0 amide bonds. The van der Waals surface area contributed by atoms with Gasteiger partial charge in [0.05, 0.1) is 12.3 Å². The summed E-state index contributed by atoms with van der Waals surface area (Å²) in [5.74, 6) is 0.466. The van der Waals surface area contributed by atoms with Gasteiger partial charge < -0.3 is 9.72 Å². The van der Waals surface area contributed by atoms with Gasteiger partial charge in [0.25, 0.3) is 5.56 Å². The van der Waals surface area contributed by atoms with Crippen LogP contribution in [0.25, 0.3) is 11.5 Å². The molecule has 0 aliphatic heterocycles. The van der Waals surface area contributed by atoms with Crippen molar-refractivity contribution in [3.8, 4) is 11.5 Å². The first kappa shape index (κ1) is 11.5. The number of H-pyrrole nitrogens is 1. The zero-order valence-electron chi connectivity index (χ0n) is 9.73. The molecule has 0 atom stereocenters. The molecule has 2 aromatic rings.